The molecule has 1 saturated carbocycles. The Labute approximate surface area is 152 Å². The van der Waals surface area contributed by atoms with Crippen LogP contribution < -0.4 is 4.90 Å². The van der Waals surface area contributed by atoms with Crippen molar-refractivity contribution < 1.29 is 14.6 Å². The van der Waals surface area contributed by atoms with E-state index in [2.05, 4.69) is 34.1 Å². The van der Waals surface area contributed by atoms with E-state index in [1.165, 1.54) is 11.1 Å². The number of hydrogen-bond donors (Lipinski definition) is 1. The number of benzene rings is 1. The predicted octanol–water partition coefficient (Wildman–Crippen LogP) is 1.98. The van der Waals surface area contributed by atoms with Crippen molar-refractivity contribution in [3.05, 3.63) is 41.2 Å². The van der Waals surface area contributed by atoms with Crippen molar-refractivity contribution in [2.75, 3.05) is 24.6 Å². The van der Waals surface area contributed by atoms with Gasteiger partial charge in [-0.25, -0.2) is 0 Å². The van der Waals surface area contributed by atoms with Gasteiger partial charge in [0.05, 0.1) is 18.6 Å². The first-order valence-corrected chi connectivity index (χ1v) is 9.88. The van der Waals surface area contributed by atoms with Gasteiger partial charge < -0.3 is 14.7 Å². The highest BCUT2D eigenvalue weighted by Gasteiger charge is 2.71. The van der Waals surface area contributed by atoms with Crippen LogP contribution in [0.25, 0.3) is 0 Å². The van der Waals surface area contributed by atoms with E-state index >= 15 is 0 Å². The van der Waals surface area contributed by atoms with E-state index in [4.69, 9.17) is 4.74 Å². The molecule has 5 nitrogen and oxygen atoms in total. The minimum atomic E-state index is -0.0623. The lowest BCUT2D eigenvalue weighted by Gasteiger charge is -2.58. The van der Waals surface area contributed by atoms with Crippen molar-refractivity contribution >= 4 is 11.6 Å². The lowest BCUT2D eigenvalue weighted by molar-refractivity contribution is -0.132. The molecule has 1 aromatic rings. The fourth-order valence-electron chi connectivity index (χ4n) is 7.56. The zero-order valence-corrected chi connectivity index (χ0v) is 14.6. The molecule has 6 aliphatic rings. The Balaban J connectivity index is 1.55. The van der Waals surface area contributed by atoms with Crippen LogP contribution in [0.2, 0.25) is 0 Å². The number of nitrogens with zero attached hydrogens (tertiary/aromatic N) is 2. The van der Waals surface area contributed by atoms with Gasteiger partial charge in [0.25, 0.3) is 0 Å². The Bertz CT molecular complexity index is 895. The fraction of sp³-hybridized carbons (Fsp3) is 0.571. The molecule has 7 rings (SSSR count). The molecule has 1 spiro atoms. The standard InChI is InChI=1S/C21H22N2O3/c24-15-10-26-16-8-18(25)23-14-4-2-1-3-13(14)21-5-6-22-9-12(15)11(7-17(21)22)19(16)20(21)23/h1-4,11,16-17,19-20,24H,5-10H2/t11-,16-,17-,19-,20-,21+/m0/s1. The summed E-state index contributed by atoms with van der Waals surface area (Å²) in [6.45, 7) is 2.20. The molecular formula is C21H22N2O3. The monoisotopic (exact) mass is 350 g/mol. The predicted molar refractivity (Wildman–Crippen MR) is 95.0 cm³/mol. The van der Waals surface area contributed by atoms with E-state index in [9.17, 15) is 9.90 Å². The maximum Gasteiger partial charge on any atom is 0.229 e. The molecule has 1 amide bonds. The highest BCUT2D eigenvalue weighted by atomic mass is 16.5. The number of carbonyl (C=O) groups excluding carboxylic acids is 1. The quantitative estimate of drug-likeness (QED) is 0.777. The van der Waals surface area contributed by atoms with E-state index in [-0.39, 0.29) is 30.1 Å². The summed E-state index contributed by atoms with van der Waals surface area (Å²) in [4.78, 5) is 17.9. The van der Waals surface area contributed by atoms with Gasteiger partial charge in [0.15, 0.2) is 0 Å². The molecule has 4 fully saturated rings. The number of aliphatic hydroxyl groups excluding tert-OH is 1. The summed E-state index contributed by atoms with van der Waals surface area (Å²) < 4.78 is 6.13. The van der Waals surface area contributed by atoms with Gasteiger partial charge in [0.2, 0.25) is 5.91 Å². The van der Waals surface area contributed by atoms with Crippen LogP contribution in [-0.4, -0.2) is 53.8 Å². The van der Waals surface area contributed by atoms with E-state index < -0.39 is 0 Å². The Hall–Kier alpha value is -1.85. The van der Waals surface area contributed by atoms with Crippen LogP contribution in [0.4, 0.5) is 5.69 Å². The summed E-state index contributed by atoms with van der Waals surface area (Å²) in [7, 11) is 0. The summed E-state index contributed by atoms with van der Waals surface area (Å²) in [6, 6.07) is 9.25. The number of piperidine rings is 2. The molecule has 5 heterocycles. The minimum absolute atomic E-state index is 0.0426. The lowest BCUT2D eigenvalue weighted by Crippen LogP contribution is -2.69. The van der Waals surface area contributed by atoms with Crippen LogP contribution in [0.15, 0.2) is 35.6 Å². The molecule has 1 aromatic carbocycles. The van der Waals surface area contributed by atoms with Gasteiger partial charge in [-0.05, 0) is 42.5 Å². The van der Waals surface area contributed by atoms with Gasteiger partial charge in [0.1, 0.15) is 12.4 Å². The summed E-state index contributed by atoms with van der Waals surface area (Å²) in [5, 5.41) is 10.7. The molecule has 26 heavy (non-hydrogen) atoms. The normalized spacial score (nSPS) is 45.0. The van der Waals surface area contributed by atoms with Crippen molar-refractivity contribution in [3.63, 3.8) is 0 Å². The van der Waals surface area contributed by atoms with Crippen molar-refractivity contribution in [2.45, 2.75) is 42.9 Å². The average Bonchev–Trinajstić information content (AvgIpc) is 3.15. The number of para-hydroxylation sites is 1. The van der Waals surface area contributed by atoms with Crippen molar-refractivity contribution in [1.82, 2.24) is 4.90 Å². The largest absolute Gasteiger partial charge is 0.510 e. The highest BCUT2D eigenvalue weighted by molar-refractivity contribution is 5.99. The molecule has 1 N–H and O–H groups in total. The molecule has 2 bridgehead atoms. The van der Waals surface area contributed by atoms with Gasteiger partial charge in [0, 0.05) is 29.6 Å². The van der Waals surface area contributed by atoms with E-state index in [0.29, 0.717) is 30.1 Å². The number of hydrogen-bond acceptors (Lipinski definition) is 4. The fourth-order valence-corrected chi connectivity index (χ4v) is 7.56. The maximum absolute atomic E-state index is 13.2. The first-order valence-electron chi connectivity index (χ1n) is 9.88. The van der Waals surface area contributed by atoms with Crippen LogP contribution in [0.3, 0.4) is 0 Å². The third kappa shape index (κ3) is 1.34. The summed E-state index contributed by atoms with van der Waals surface area (Å²) in [5.74, 6) is 1.28. The molecule has 0 aromatic heterocycles. The van der Waals surface area contributed by atoms with Gasteiger partial charge in [-0.2, -0.15) is 0 Å². The molecule has 6 atom stereocenters. The van der Waals surface area contributed by atoms with Crippen molar-refractivity contribution in [1.29, 1.82) is 0 Å². The smallest absolute Gasteiger partial charge is 0.229 e. The summed E-state index contributed by atoms with van der Waals surface area (Å²) in [5.41, 5.74) is 3.75. The minimum Gasteiger partial charge on any atom is -0.510 e. The SMILES string of the molecule is O=C1C[C@@H]2OCC(O)=C3CN4CC[C@]56c7ccccc7N1[C@H]5[C@H]2[C@H]3C[C@H]46. The first kappa shape index (κ1) is 14.2. The van der Waals surface area contributed by atoms with Crippen LogP contribution in [0, 0.1) is 11.8 Å². The molecule has 5 heteroatoms. The molecule has 134 valence electrons. The molecular weight excluding hydrogens is 328 g/mol. The van der Waals surface area contributed by atoms with Crippen LogP contribution in [-0.2, 0) is 14.9 Å². The van der Waals surface area contributed by atoms with Gasteiger partial charge in [-0.3, -0.25) is 9.69 Å². The summed E-state index contributed by atoms with van der Waals surface area (Å²) >= 11 is 0. The highest BCUT2D eigenvalue weighted by Crippen LogP contribution is 2.65. The number of fused-ring (bicyclic) bond motifs is 2. The Kier molecular flexibility index (Phi) is 2.38. The number of ether oxygens (including phenoxy) is 1. The third-order valence-electron chi connectivity index (χ3n) is 8.33. The van der Waals surface area contributed by atoms with E-state index in [1.807, 2.05) is 0 Å². The zero-order chi connectivity index (χ0) is 17.2. The second kappa shape index (κ2) is 4.34. The Morgan fingerprint density at radius 1 is 1.27 bits per heavy atom. The molecule has 0 radical (unpaired) electrons. The molecule has 3 saturated heterocycles. The number of carbonyl (C=O) groups is 1. The van der Waals surface area contributed by atoms with Gasteiger partial charge in [-0.15, -0.1) is 0 Å². The number of rotatable bonds is 0. The van der Waals surface area contributed by atoms with E-state index in [0.717, 1.165) is 31.6 Å². The van der Waals surface area contributed by atoms with Crippen LogP contribution >= 0.6 is 0 Å². The maximum atomic E-state index is 13.2. The van der Waals surface area contributed by atoms with E-state index in [1.54, 1.807) is 0 Å². The second-order valence-corrected chi connectivity index (χ2v) is 8.95. The molecule has 1 aliphatic carbocycles. The van der Waals surface area contributed by atoms with Gasteiger partial charge >= 0.3 is 0 Å². The Morgan fingerprint density at radius 2 is 2.15 bits per heavy atom. The van der Waals surface area contributed by atoms with Crippen LogP contribution in [0.1, 0.15) is 24.8 Å². The van der Waals surface area contributed by atoms with Gasteiger partial charge in [-0.1, -0.05) is 18.2 Å². The van der Waals surface area contributed by atoms with Crippen LogP contribution in [0.5, 0.6) is 0 Å². The lowest BCUT2D eigenvalue weighted by atomic mass is 9.53. The number of anilines is 1. The van der Waals surface area contributed by atoms with Crippen molar-refractivity contribution in [2.24, 2.45) is 11.8 Å². The topological polar surface area (TPSA) is 53.0 Å². The first-order chi connectivity index (χ1) is 12.7. The third-order valence-corrected chi connectivity index (χ3v) is 8.33. The molecule has 5 aliphatic heterocycles. The average molecular weight is 350 g/mol. The number of aliphatic hydroxyl groups is 1. The summed E-state index contributed by atoms with van der Waals surface area (Å²) in [6.07, 6.45) is 2.58. The molecule has 0 unspecified atom stereocenters. The number of amides is 1. The zero-order valence-electron chi connectivity index (χ0n) is 14.6. The Morgan fingerprint density at radius 3 is 3.08 bits per heavy atom. The van der Waals surface area contributed by atoms with Crippen molar-refractivity contribution in [3.8, 4) is 0 Å². The second-order valence-electron chi connectivity index (χ2n) is 8.95.